The summed E-state index contributed by atoms with van der Waals surface area (Å²) in [5.41, 5.74) is 0. The van der Waals surface area contributed by atoms with Crippen molar-refractivity contribution in [3.63, 3.8) is 0 Å². The molecule has 0 aliphatic heterocycles. The standard InChI is InChI=1S/C6H5Br.Mg.2H/c7-6-4-2-1-3-5-6;;;/h1-5H;;;/q;+2;2*-1. The van der Waals surface area contributed by atoms with Crippen LogP contribution in [0.1, 0.15) is 2.85 Å². The second-order valence-electron chi connectivity index (χ2n) is 1.30. The Hall–Kier alpha value is 0.466. The van der Waals surface area contributed by atoms with Crippen molar-refractivity contribution >= 4 is 39.0 Å². The van der Waals surface area contributed by atoms with Gasteiger partial charge in [-0.3, -0.25) is 0 Å². The molecule has 1 aromatic carbocycles. The molecule has 0 aliphatic rings. The van der Waals surface area contributed by atoms with E-state index in [-0.39, 0.29) is 25.9 Å². The quantitative estimate of drug-likeness (QED) is 0.541. The van der Waals surface area contributed by atoms with E-state index in [1.807, 2.05) is 30.3 Å². The molecule has 0 spiro atoms. The molecule has 0 amide bonds. The van der Waals surface area contributed by atoms with E-state index in [1.165, 1.54) is 0 Å². The second kappa shape index (κ2) is 4.36. The van der Waals surface area contributed by atoms with Gasteiger partial charge in [-0.2, -0.15) is 0 Å². The molecule has 0 unspecified atom stereocenters. The van der Waals surface area contributed by atoms with Gasteiger partial charge >= 0.3 is 23.1 Å². The average Bonchev–Trinajstić information content (AvgIpc) is 1.69. The molecule has 0 radical (unpaired) electrons. The van der Waals surface area contributed by atoms with Crippen molar-refractivity contribution in [3.05, 3.63) is 34.8 Å². The van der Waals surface area contributed by atoms with Gasteiger partial charge in [0.05, 0.1) is 0 Å². The van der Waals surface area contributed by atoms with Crippen molar-refractivity contribution in [1.82, 2.24) is 0 Å². The molecule has 2 heteroatoms. The number of rotatable bonds is 0. The first-order valence-corrected chi connectivity index (χ1v) is 2.89. The maximum Gasteiger partial charge on any atom is 2.00 e. The molecule has 1 aromatic rings. The molecule has 0 fully saturated rings. The molecule has 0 N–H and O–H groups in total. The minimum Gasteiger partial charge on any atom is -1.00 e. The summed E-state index contributed by atoms with van der Waals surface area (Å²) in [7, 11) is 0. The molecule has 8 heavy (non-hydrogen) atoms. The molecule has 0 saturated heterocycles. The Balaban J connectivity index is -0.000000163. The Morgan fingerprint density at radius 1 is 1.12 bits per heavy atom. The summed E-state index contributed by atoms with van der Waals surface area (Å²) < 4.78 is 1.13. The van der Waals surface area contributed by atoms with E-state index >= 15 is 0 Å². The van der Waals surface area contributed by atoms with Crippen molar-refractivity contribution in [3.8, 4) is 0 Å². The molecule has 0 saturated carbocycles. The van der Waals surface area contributed by atoms with E-state index in [4.69, 9.17) is 0 Å². The SMILES string of the molecule is Brc1ccccc1.[H-].[H-].[Mg+2]. The molecule has 0 atom stereocenters. The normalized spacial score (nSPS) is 7.62. The van der Waals surface area contributed by atoms with Gasteiger partial charge in [0.1, 0.15) is 0 Å². The molecular formula is C6H7BrMg. The van der Waals surface area contributed by atoms with Crippen LogP contribution >= 0.6 is 15.9 Å². The minimum atomic E-state index is 0. The summed E-state index contributed by atoms with van der Waals surface area (Å²) in [5, 5.41) is 0. The fraction of sp³-hybridized carbons (Fsp3) is 0. The van der Waals surface area contributed by atoms with Gasteiger partial charge in [0, 0.05) is 4.47 Å². The largest absolute Gasteiger partial charge is 2.00 e. The maximum absolute atomic E-state index is 3.31. The summed E-state index contributed by atoms with van der Waals surface area (Å²) in [6.45, 7) is 0. The van der Waals surface area contributed by atoms with Gasteiger partial charge in [0.15, 0.2) is 0 Å². The molecule has 40 valence electrons. The fourth-order valence-electron chi connectivity index (χ4n) is 0.415. The van der Waals surface area contributed by atoms with Gasteiger partial charge < -0.3 is 2.85 Å². The number of halogens is 1. The molecule has 1 rings (SSSR count). The van der Waals surface area contributed by atoms with Gasteiger partial charge in [-0.1, -0.05) is 34.1 Å². The van der Waals surface area contributed by atoms with Crippen LogP contribution in [0.15, 0.2) is 34.8 Å². The van der Waals surface area contributed by atoms with Crippen molar-refractivity contribution < 1.29 is 2.85 Å². The Bertz CT molecular complexity index is 146. The van der Waals surface area contributed by atoms with E-state index in [9.17, 15) is 0 Å². The van der Waals surface area contributed by atoms with E-state index in [0.717, 1.165) is 4.47 Å². The van der Waals surface area contributed by atoms with Crippen LogP contribution in [0.4, 0.5) is 0 Å². The zero-order chi connectivity index (χ0) is 5.11. The van der Waals surface area contributed by atoms with E-state index in [1.54, 1.807) is 0 Å². The van der Waals surface area contributed by atoms with Crippen LogP contribution in [0, 0.1) is 0 Å². The zero-order valence-electron chi connectivity index (χ0n) is 6.47. The smallest absolute Gasteiger partial charge is 1.00 e. The number of hydrogen-bond donors (Lipinski definition) is 0. The predicted octanol–water partition coefficient (Wildman–Crippen LogP) is 2.29. The van der Waals surface area contributed by atoms with Crippen LogP contribution in [0.25, 0.3) is 0 Å². The first-order valence-electron chi connectivity index (χ1n) is 2.10. The summed E-state index contributed by atoms with van der Waals surface area (Å²) >= 11 is 3.31. The average molecular weight is 183 g/mol. The monoisotopic (exact) mass is 182 g/mol. The Labute approximate surface area is 76.5 Å². The van der Waals surface area contributed by atoms with Gasteiger partial charge in [-0.15, -0.1) is 0 Å². The van der Waals surface area contributed by atoms with Gasteiger partial charge in [-0.25, -0.2) is 0 Å². The molecule has 0 heterocycles. The molecule has 0 aliphatic carbocycles. The van der Waals surface area contributed by atoms with Gasteiger partial charge in [0.25, 0.3) is 0 Å². The second-order valence-corrected chi connectivity index (χ2v) is 2.21. The van der Waals surface area contributed by atoms with Crippen LogP contribution in [0.3, 0.4) is 0 Å². The Kier molecular flexibility index (Phi) is 4.61. The predicted molar refractivity (Wildman–Crippen MR) is 42.1 cm³/mol. The molecule has 0 nitrogen and oxygen atoms in total. The van der Waals surface area contributed by atoms with Crippen LogP contribution in [0.2, 0.25) is 0 Å². The third-order valence-corrected chi connectivity index (χ3v) is 1.26. The van der Waals surface area contributed by atoms with Crippen molar-refractivity contribution in [2.45, 2.75) is 0 Å². The topological polar surface area (TPSA) is 0 Å². The van der Waals surface area contributed by atoms with Crippen LogP contribution in [-0.4, -0.2) is 23.1 Å². The van der Waals surface area contributed by atoms with E-state index in [2.05, 4.69) is 15.9 Å². The summed E-state index contributed by atoms with van der Waals surface area (Å²) in [5.74, 6) is 0. The summed E-state index contributed by atoms with van der Waals surface area (Å²) in [6.07, 6.45) is 0. The first kappa shape index (κ1) is 8.47. The zero-order valence-corrected chi connectivity index (χ0v) is 7.47. The third kappa shape index (κ3) is 2.70. The van der Waals surface area contributed by atoms with Crippen LogP contribution in [0.5, 0.6) is 0 Å². The first-order chi connectivity index (χ1) is 3.39. The van der Waals surface area contributed by atoms with Crippen LogP contribution < -0.4 is 0 Å². The van der Waals surface area contributed by atoms with Crippen molar-refractivity contribution in [2.24, 2.45) is 0 Å². The van der Waals surface area contributed by atoms with Gasteiger partial charge in [0.2, 0.25) is 0 Å². The minimum absolute atomic E-state index is 0. The van der Waals surface area contributed by atoms with Crippen molar-refractivity contribution in [2.75, 3.05) is 0 Å². The summed E-state index contributed by atoms with van der Waals surface area (Å²) in [6, 6.07) is 9.97. The molecule has 0 aromatic heterocycles. The summed E-state index contributed by atoms with van der Waals surface area (Å²) in [4.78, 5) is 0. The van der Waals surface area contributed by atoms with E-state index < -0.39 is 0 Å². The maximum atomic E-state index is 3.31. The Morgan fingerprint density at radius 3 is 1.88 bits per heavy atom. The molecular weight excluding hydrogens is 176 g/mol. The van der Waals surface area contributed by atoms with Gasteiger partial charge in [-0.05, 0) is 12.1 Å². The molecule has 0 bridgehead atoms. The van der Waals surface area contributed by atoms with Crippen molar-refractivity contribution in [1.29, 1.82) is 0 Å². The van der Waals surface area contributed by atoms with Crippen LogP contribution in [-0.2, 0) is 0 Å². The fourth-order valence-corrected chi connectivity index (χ4v) is 0.720. The number of benzene rings is 1. The Morgan fingerprint density at radius 2 is 1.62 bits per heavy atom. The number of hydrogen-bond acceptors (Lipinski definition) is 0. The third-order valence-electron chi connectivity index (χ3n) is 0.733. The van der Waals surface area contributed by atoms with E-state index in [0.29, 0.717) is 0 Å².